The molecule has 0 bridgehead atoms. The minimum absolute atomic E-state index is 0.0317. The van der Waals surface area contributed by atoms with Gasteiger partial charge in [0.1, 0.15) is 17.9 Å². The van der Waals surface area contributed by atoms with E-state index < -0.39 is 17.6 Å². The molecule has 36 heavy (non-hydrogen) atoms. The van der Waals surface area contributed by atoms with E-state index in [4.69, 9.17) is 46.4 Å². The van der Waals surface area contributed by atoms with Crippen molar-refractivity contribution in [3.63, 3.8) is 0 Å². The van der Waals surface area contributed by atoms with E-state index >= 15 is 0 Å². The Kier molecular flexibility index (Phi) is 7.80. The Hall–Kier alpha value is -2.78. The molecule has 0 aliphatic carbocycles. The van der Waals surface area contributed by atoms with Gasteiger partial charge in [0.15, 0.2) is 0 Å². The average molecular weight is 574 g/mol. The standard InChI is InChI=1S/C24H15Cl4F3N4O/c25-15-5-7-17(19(27)9-15)22-23(18-8-6-16(26)10-20(18)28)34-35(33-22)12-21(36)32-11-13-1-3-14(4-2-13)24(29,30)31/h1-10H,11-12H2,(H,32,36). The van der Waals surface area contributed by atoms with Crippen LogP contribution in [0, 0.1) is 0 Å². The lowest BCUT2D eigenvalue weighted by molar-refractivity contribution is -0.137. The molecule has 3 aromatic carbocycles. The predicted octanol–water partition coefficient (Wildman–Crippen LogP) is 7.56. The number of carbonyl (C=O) groups is 1. The van der Waals surface area contributed by atoms with Crippen molar-refractivity contribution in [2.24, 2.45) is 0 Å². The number of benzene rings is 3. The molecule has 186 valence electrons. The maximum Gasteiger partial charge on any atom is 0.416 e. The summed E-state index contributed by atoms with van der Waals surface area (Å²) in [6, 6.07) is 14.3. The quantitative estimate of drug-likeness (QED) is 0.259. The van der Waals surface area contributed by atoms with Gasteiger partial charge >= 0.3 is 6.18 Å². The van der Waals surface area contributed by atoms with Gasteiger partial charge in [-0.1, -0.05) is 58.5 Å². The van der Waals surface area contributed by atoms with Gasteiger partial charge < -0.3 is 5.32 Å². The van der Waals surface area contributed by atoms with Crippen molar-refractivity contribution in [1.29, 1.82) is 0 Å². The molecule has 0 atom stereocenters. The number of nitrogens with zero attached hydrogens (tertiary/aromatic N) is 3. The Labute approximate surface area is 223 Å². The van der Waals surface area contributed by atoms with Gasteiger partial charge in [0.25, 0.3) is 0 Å². The Morgan fingerprint density at radius 1 is 0.806 bits per heavy atom. The molecule has 0 saturated carbocycles. The second kappa shape index (κ2) is 10.7. The van der Waals surface area contributed by atoms with Crippen LogP contribution in [0.15, 0.2) is 60.7 Å². The number of amides is 1. The number of hydrogen-bond acceptors (Lipinski definition) is 3. The summed E-state index contributed by atoms with van der Waals surface area (Å²) in [4.78, 5) is 13.7. The van der Waals surface area contributed by atoms with E-state index in [1.807, 2.05) is 0 Å². The molecule has 0 radical (unpaired) electrons. The summed E-state index contributed by atoms with van der Waals surface area (Å²) in [5, 5.41) is 13.1. The van der Waals surface area contributed by atoms with Crippen LogP contribution in [0.25, 0.3) is 22.5 Å². The van der Waals surface area contributed by atoms with Gasteiger partial charge in [-0.25, -0.2) is 0 Å². The van der Waals surface area contributed by atoms with Crippen LogP contribution in [0.4, 0.5) is 13.2 Å². The zero-order valence-corrected chi connectivity index (χ0v) is 21.1. The van der Waals surface area contributed by atoms with Gasteiger partial charge in [-0.2, -0.15) is 28.2 Å². The van der Waals surface area contributed by atoms with Crippen LogP contribution < -0.4 is 5.32 Å². The average Bonchev–Trinajstić information content (AvgIpc) is 3.20. The van der Waals surface area contributed by atoms with Gasteiger partial charge in [-0.15, -0.1) is 0 Å². The summed E-state index contributed by atoms with van der Waals surface area (Å²) >= 11 is 24.8. The van der Waals surface area contributed by atoms with Gasteiger partial charge in [-0.05, 0) is 54.1 Å². The molecule has 4 rings (SSSR count). The molecular formula is C24H15Cl4F3N4O. The molecule has 4 aromatic rings. The van der Waals surface area contributed by atoms with Crippen molar-refractivity contribution in [2.75, 3.05) is 0 Å². The fourth-order valence-electron chi connectivity index (χ4n) is 3.34. The Morgan fingerprint density at radius 3 is 1.75 bits per heavy atom. The number of carbonyl (C=O) groups excluding carboxylic acids is 1. The maximum atomic E-state index is 12.7. The van der Waals surface area contributed by atoms with Crippen molar-refractivity contribution in [3.05, 3.63) is 91.9 Å². The highest BCUT2D eigenvalue weighted by atomic mass is 35.5. The minimum Gasteiger partial charge on any atom is -0.350 e. The molecule has 1 aromatic heterocycles. The van der Waals surface area contributed by atoms with Crippen LogP contribution in [-0.4, -0.2) is 20.9 Å². The molecule has 5 nitrogen and oxygen atoms in total. The highest BCUT2D eigenvalue weighted by molar-refractivity contribution is 6.37. The molecular weight excluding hydrogens is 559 g/mol. The van der Waals surface area contributed by atoms with E-state index in [-0.39, 0.29) is 13.1 Å². The summed E-state index contributed by atoms with van der Waals surface area (Å²) in [6.07, 6.45) is -4.43. The molecule has 0 fully saturated rings. The maximum absolute atomic E-state index is 12.7. The number of alkyl halides is 3. The third-order valence-electron chi connectivity index (χ3n) is 5.08. The summed E-state index contributed by atoms with van der Waals surface area (Å²) in [5.41, 5.74) is 1.54. The van der Waals surface area contributed by atoms with Crippen LogP contribution >= 0.6 is 46.4 Å². The van der Waals surface area contributed by atoms with Crippen molar-refractivity contribution >= 4 is 52.3 Å². The molecule has 12 heteroatoms. The lowest BCUT2D eigenvalue weighted by Crippen LogP contribution is -2.28. The normalized spacial score (nSPS) is 11.5. The topological polar surface area (TPSA) is 59.8 Å². The zero-order valence-electron chi connectivity index (χ0n) is 18.1. The second-order valence-electron chi connectivity index (χ2n) is 7.65. The third-order valence-corrected chi connectivity index (χ3v) is 6.18. The molecule has 1 amide bonds. The van der Waals surface area contributed by atoms with Gasteiger partial charge in [0.2, 0.25) is 5.91 Å². The first kappa shape index (κ1) is 26.3. The fraction of sp³-hybridized carbons (Fsp3) is 0.125. The fourth-order valence-corrected chi connectivity index (χ4v) is 4.34. The van der Waals surface area contributed by atoms with Gasteiger partial charge in [0, 0.05) is 27.7 Å². The highest BCUT2D eigenvalue weighted by Gasteiger charge is 2.30. The zero-order chi connectivity index (χ0) is 26.0. The summed E-state index contributed by atoms with van der Waals surface area (Å²) in [6.45, 7) is -0.228. The van der Waals surface area contributed by atoms with Crippen LogP contribution in [0.3, 0.4) is 0 Å². The molecule has 0 spiro atoms. The van der Waals surface area contributed by atoms with Crippen LogP contribution in [-0.2, 0) is 24.1 Å². The van der Waals surface area contributed by atoms with Crippen molar-refractivity contribution in [3.8, 4) is 22.5 Å². The second-order valence-corrected chi connectivity index (χ2v) is 9.33. The first-order valence-electron chi connectivity index (χ1n) is 10.3. The molecule has 1 heterocycles. The number of halogens is 7. The SMILES string of the molecule is O=C(Cn1nc(-c2ccc(Cl)cc2Cl)c(-c2ccc(Cl)cc2Cl)n1)NCc1ccc(C(F)(F)F)cc1. The summed E-state index contributed by atoms with van der Waals surface area (Å²) in [7, 11) is 0. The molecule has 0 aliphatic rings. The van der Waals surface area contributed by atoms with Crippen LogP contribution in [0.2, 0.25) is 20.1 Å². The number of rotatable bonds is 6. The lowest BCUT2D eigenvalue weighted by atomic mass is 10.0. The van der Waals surface area contributed by atoms with Crippen LogP contribution in [0.1, 0.15) is 11.1 Å². The summed E-state index contributed by atoms with van der Waals surface area (Å²) < 4.78 is 38.2. The van der Waals surface area contributed by atoms with Gasteiger partial charge in [-0.3, -0.25) is 4.79 Å². The van der Waals surface area contributed by atoms with E-state index in [1.54, 1.807) is 36.4 Å². The van der Waals surface area contributed by atoms with Crippen molar-refractivity contribution in [1.82, 2.24) is 20.3 Å². The van der Waals surface area contributed by atoms with Crippen molar-refractivity contribution < 1.29 is 18.0 Å². The third kappa shape index (κ3) is 6.13. The molecule has 1 N–H and O–H groups in total. The van der Waals surface area contributed by atoms with E-state index in [1.165, 1.54) is 16.9 Å². The van der Waals surface area contributed by atoms with E-state index in [2.05, 4.69) is 15.5 Å². The number of aromatic nitrogens is 3. The predicted molar refractivity (Wildman–Crippen MR) is 134 cm³/mol. The minimum atomic E-state index is -4.43. The van der Waals surface area contributed by atoms with Crippen LogP contribution in [0.5, 0.6) is 0 Å². The smallest absolute Gasteiger partial charge is 0.350 e. The Balaban J connectivity index is 1.58. The van der Waals surface area contributed by atoms with Gasteiger partial charge in [0.05, 0.1) is 15.6 Å². The molecule has 0 unspecified atom stereocenters. The van der Waals surface area contributed by atoms with E-state index in [0.29, 0.717) is 48.2 Å². The Morgan fingerprint density at radius 2 is 1.31 bits per heavy atom. The van der Waals surface area contributed by atoms with E-state index in [9.17, 15) is 18.0 Å². The van der Waals surface area contributed by atoms with E-state index in [0.717, 1.165) is 12.1 Å². The van der Waals surface area contributed by atoms with Crippen molar-refractivity contribution in [2.45, 2.75) is 19.3 Å². The summed E-state index contributed by atoms with van der Waals surface area (Å²) in [5.74, 6) is -0.451. The molecule has 0 saturated heterocycles. The highest BCUT2D eigenvalue weighted by Crippen LogP contribution is 2.38. The lowest BCUT2D eigenvalue weighted by Gasteiger charge is -2.08. The number of hydrogen-bond donors (Lipinski definition) is 1. The first-order chi connectivity index (χ1) is 17.0. The molecule has 0 aliphatic heterocycles. The monoisotopic (exact) mass is 572 g/mol. The first-order valence-corrected chi connectivity index (χ1v) is 11.8. The largest absolute Gasteiger partial charge is 0.416 e. The Bertz CT molecular complexity index is 1350. The number of nitrogens with one attached hydrogen (secondary N) is 1.